The first kappa shape index (κ1) is 35.2. The quantitative estimate of drug-likeness (QED) is 0.385. The van der Waals surface area contributed by atoms with Crippen molar-refractivity contribution in [1.29, 1.82) is 0 Å². The molecule has 1 aliphatic heterocycles. The third-order valence-electron chi connectivity index (χ3n) is 8.98. The van der Waals surface area contributed by atoms with E-state index in [1.165, 1.54) is 6.42 Å². The maximum atomic E-state index is 14.3. The van der Waals surface area contributed by atoms with Crippen LogP contribution in [-0.2, 0) is 4.74 Å². The van der Waals surface area contributed by atoms with E-state index in [9.17, 15) is 19.5 Å². The van der Waals surface area contributed by atoms with E-state index >= 15 is 0 Å². The molecule has 11 nitrogen and oxygen atoms in total. The minimum Gasteiger partial charge on any atom is -0.490 e. The Bertz CT molecular complexity index is 1290. The molecular weight excluding hydrogens is 586 g/mol. The van der Waals surface area contributed by atoms with Crippen molar-refractivity contribution in [2.75, 3.05) is 38.7 Å². The Morgan fingerprint density at radius 1 is 1.07 bits per heavy atom. The molecule has 0 saturated heterocycles. The Balaban J connectivity index is 1.58. The van der Waals surface area contributed by atoms with Crippen LogP contribution >= 0.6 is 0 Å². The average Bonchev–Trinajstić information content (AvgIpc) is 3.06. The number of aromatic nitrogens is 1. The molecule has 11 heteroatoms. The summed E-state index contributed by atoms with van der Waals surface area (Å²) < 4.78 is 12.7. The highest BCUT2D eigenvalue weighted by Crippen LogP contribution is 2.29. The normalized spacial score (nSPS) is 22.5. The smallest absolute Gasteiger partial charge is 0.319 e. The molecule has 2 aliphatic rings. The number of anilines is 1. The predicted octanol–water partition coefficient (Wildman–Crippen LogP) is 5.10. The lowest BCUT2D eigenvalue weighted by Crippen LogP contribution is -2.48. The van der Waals surface area contributed by atoms with Gasteiger partial charge in [0.1, 0.15) is 5.75 Å². The fourth-order valence-corrected chi connectivity index (χ4v) is 6.13. The number of hydrogen-bond acceptors (Lipinski definition) is 7. The first-order chi connectivity index (χ1) is 22.2. The van der Waals surface area contributed by atoms with Crippen molar-refractivity contribution in [1.82, 2.24) is 20.1 Å². The van der Waals surface area contributed by atoms with Gasteiger partial charge in [0.15, 0.2) is 0 Å². The first-order valence-electron chi connectivity index (χ1n) is 16.7. The molecule has 4 rings (SSSR count). The Labute approximate surface area is 273 Å². The van der Waals surface area contributed by atoms with Gasteiger partial charge >= 0.3 is 6.03 Å². The third kappa shape index (κ3) is 9.90. The molecule has 1 fully saturated rings. The summed E-state index contributed by atoms with van der Waals surface area (Å²) in [5.74, 6) is -0.198. The summed E-state index contributed by atoms with van der Waals surface area (Å²) in [6, 6.07) is 7.87. The maximum Gasteiger partial charge on any atom is 0.319 e. The van der Waals surface area contributed by atoms with Crippen molar-refractivity contribution < 1.29 is 29.0 Å². The molecule has 1 aromatic heterocycles. The lowest BCUT2D eigenvalue weighted by molar-refractivity contribution is -0.0149. The number of aliphatic hydroxyl groups excluding tert-OH is 1. The summed E-state index contributed by atoms with van der Waals surface area (Å²) in [7, 11) is 1.75. The van der Waals surface area contributed by atoms with Crippen LogP contribution in [0.15, 0.2) is 42.7 Å². The summed E-state index contributed by atoms with van der Waals surface area (Å²) in [6.07, 6.45) is 10.4. The molecular formula is C35H51N5O6. The second-order valence-electron chi connectivity index (χ2n) is 12.9. The fraction of sp³-hybridized carbons (Fsp3) is 0.600. The molecule has 2 heterocycles. The van der Waals surface area contributed by atoms with Gasteiger partial charge in [-0.05, 0) is 76.3 Å². The molecule has 1 aromatic carbocycles. The number of carbonyl (C=O) groups is 3. The van der Waals surface area contributed by atoms with E-state index in [4.69, 9.17) is 9.47 Å². The van der Waals surface area contributed by atoms with E-state index in [0.29, 0.717) is 35.7 Å². The number of hydrogen-bond donors (Lipinski definition) is 3. The van der Waals surface area contributed by atoms with Crippen molar-refractivity contribution in [2.45, 2.75) is 96.4 Å². The monoisotopic (exact) mass is 637 g/mol. The number of rotatable bonds is 7. The van der Waals surface area contributed by atoms with Crippen molar-refractivity contribution in [2.24, 2.45) is 5.92 Å². The Morgan fingerprint density at radius 2 is 1.78 bits per heavy atom. The minimum atomic E-state index is -0.504. The SMILES string of the molecule is C[C@@H]1CCCCO[C@@H](CN(C)C(=O)c2ccncc2)[C@H](C)CN([C@H](C)CO)C(=O)c2cc(NC(=O)NC3CCCCC3)ccc2O1. The molecule has 0 radical (unpaired) electrons. The number of fused-ring (bicyclic) bond motifs is 1. The van der Waals surface area contributed by atoms with Gasteiger partial charge in [0.2, 0.25) is 0 Å². The number of likely N-dealkylation sites (N-methyl/N-ethyl adjacent to an activating group) is 1. The zero-order valence-electron chi connectivity index (χ0n) is 27.7. The number of pyridine rings is 1. The highest BCUT2D eigenvalue weighted by Gasteiger charge is 2.31. The van der Waals surface area contributed by atoms with Crippen LogP contribution in [0.2, 0.25) is 0 Å². The van der Waals surface area contributed by atoms with Gasteiger partial charge in [-0.1, -0.05) is 26.2 Å². The van der Waals surface area contributed by atoms with E-state index in [2.05, 4.69) is 15.6 Å². The summed E-state index contributed by atoms with van der Waals surface area (Å²) in [4.78, 5) is 47.6. The summed E-state index contributed by atoms with van der Waals surface area (Å²) >= 11 is 0. The molecule has 46 heavy (non-hydrogen) atoms. The zero-order chi connectivity index (χ0) is 33.1. The van der Waals surface area contributed by atoms with Crippen LogP contribution in [0.25, 0.3) is 0 Å². The molecule has 252 valence electrons. The molecule has 1 aliphatic carbocycles. The highest BCUT2D eigenvalue weighted by molar-refractivity contribution is 5.99. The van der Waals surface area contributed by atoms with Crippen molar-refractivity contribution in [3.63, 3.8) is 0 Å². The lowest BCUT2D eigenvalue weighted by atomic mass is 9.96. The number of amides is 4. The molecule has 0 spiro atoms. The van der Waals surface area contributed by atoms with Gasteiger partial charge in [-0.3, -0.25) is 14.6 Å². The van der Waals surface area contributed by atoms with Gasteiger partial charge in [-0.25, -0.2) is 4.79 Å². The molecule has 1 saturated carbocycles. The van der Waals surface area contributed by atoms with Crippen LogP contribution in [-0.4, -0.2) is 95.4 Å². The average molecular weight is 638 g/mol. The van der Waals surface area contributed by atoms with Gasteiger partial charge in [0, 0.05) is 62.3 Å². The number of aliphatic hydroxyl groups is 1. The molecule has 4 amide bonds. The van der Waals surface area contributed by atoms with E-state index < -0.39 is 6.04 Å². The first-order valence-corrected chi connectivity index (χ1v) is 16.7. The second kappa shape index (κ2) is 17.3. The Hall–Kier alpha value is -3.70. The summed E-state index contributed by atoms with van der Waals surface area (Å²) in [6.45, 7) is 6.65. The van der Waals surface area contributed by atoms with Crippen molar-refractivity contribution >= 4 is 23.5 Å². The topological polar surface area (TPSA) is 133 Å². The van der Waals surface area contributed by atoms with Gasteiger partial charge in [0.25, 0.3) is 11.8 Å². The van der Waals surface area contributed by atoms with Gasteiger partial charge in [-0.2, -0.15) is 0 Å². The van der Waals surface area contributed by atoms with Crippen LogP contribution in [0.1, 0.15) is 92.9 Å². The number of nitrogens with one attached hydrogen (secondary N) is 2. The van der Waals surface area contributed by atoms with Crippen LogP contribution < -0.4 is 15.4 Å². The van der Waals surface area contributed by atoms with Crippen molar-refractivity contribution in [3.05, 3.63) is 53.9 Å². The Kier molecular flexibility index (Phi) is 13.2. The largest absolute Gasteiger partial charge is 0.490 e. The van der Waals surface area contributed by atoms with E-state index in [1.54, 1.807) is 66.5 Å². The third-order valence-corrected chi connectivity index (χ3v) is 8.98. The standard InChI is InChI=1S/C35H51N5O6/c1-24-21-40(25(2)23-41)34(43)30-20-29(38-35(44)37-28-11-6-5-7-12-28)13-14-31(30)46-26(3)10-8-9-19-45-32(24)22-39(4)33(42)27-15-17-36-18-16-27/h13-18,20,24-26,28,32,41H,5-12,19,21-23H2,1-4H3,(H2,37,38,44)/t24-,25-,26-,32+/m1/s1. The zero-order valence-corrected chi connectivity index (χ0v) is 27.7. The van der Waals surface area contributed by atoms with Crippen LogP contribution in [0.3, 0.4) is 0 Å². The van der Waals surface area contributed by atoms with E-state index in [-0.39, 0.29) is 55.2 Å². The van der Waals surface area contributed by atoms with Gasteiger partial charge in [-0.15, -0.1) is 0 Å². The number of carbonyl (C=O) groups excluding carboxylic acids is 3. The number of urea groups is 1. The molecule has 0 unspecified atom stereocenters. The molecule has 4 atom stereocenters. The van der Waals surface area contributed by atoms with Crippen LogP contribution in [0, 0.1) is 5.92 Å². The number of benzene rings is 1. The summed E-state index contributed by atoms with van der Waals surface area (Å²) in [5, 5.41) is 16.2. The number of nitrogens with zero attached hydrogens (tertiary/aromatic N) is 3. The number of ether oxygens (including phenoxy) is 2. The molecule has 0 bridgehead atoms. The van der Waals surface area contributed by atoms with Crippen LogP contribution in [0.4, 0.5) is 10.5 Å². The van der Waals surface area contributed by atoms with E-state index in [0.717, 1.165) is 44.9 Å². The van der Waals surface area contributed by atoms with Crippen LogP contribution in [0.5, 0.6) is 5.75 Å². The van der Waals surface area contributed by atoms with Gasteiger partial charge < -0.3 is 35.0 Å². The lowest BCUT2D eigenvalue weighted by Gasteiger charge is -2.36. The molecule has 2 aromatic rings. The molecule has 3 N–H and O–H groups in total. The van der Waals surface area contributed by atoms with Crippen molar-refractivity contribution in [3.8, 4) is 5.75 Å². The minimum absolute atomic E-state index is 0.137. The second-order valence-corrected chi connectivity index (χ2v) is 12.9. The van der Waals surface area contributed by atoms with Gasteiger partial charge in [0.05, 0.1) is 30.4 Å². The fourth-order valence-electron chi connectivity index (χ4n) is 6.13. The summed E-state index contributed by atoms with van der Waals surface area (Å²) in [5.41, 5.74) is 1.34. The predicted molar refractivity (Wildman–Crippen MR) is 177 cm³/mol. The highest BCUT2D eigenvalue weighted by atomic mass is 16.5. The van der Waals surface area contributed by atoms with E-state index in [1.807, 2.05) is 13.8 Å². The maximum absolute atomic E-state index is 14.3. The Morgan fingerprint density at radius 3 is 2.50 bits per heavy atom.